The van der Waals surface area contributed by atoms with Gasteiger partial charge in [0.15, 0.2) is 0 Å². The Hall–Kier alpha value is -1.44. The van der Waals surface area contributed by atoms with Gasteiger partial charge in [0.1, 0.15) is 17.0 Å². The lowest BCUT2D eigenvalue weighted by molar-refractivity contribution is 0.1000. The van der Waals surface area contributed by atoms with Crippen LogP contribution in [-0.4, -0.2) is 33.5 Å². The summed E-state index contributed by atoms with van der Waals surface area (Å²) in [5.41, 5.74) is 0.219. The first-order chi connectivity index (χ1) is 10.7. The molecule has 5 nitrogen and oxygen atoms in total. The number of benzene rings is 1. The summed E-state index contributed by atoms with van der Waals surface area (Å²) >= 11 is 1.73. The van der Waals surface area contributed by atoms with Crippen LogP contribution in [-0.2, 0) is 17.1 Å². The molecule has 2 N–H and O–H groups in total. The summed E-state index contributed by atoms with van der Waals surface area (Å²) in [7, 11) is 0. The van der Waals surface area contributed by atoms with E-state index in [0.29, 0.717) is 22.4 Å². The number of halogens is 1. The van der Waals surface area contributed by atoms with Crippen LogP contribution in [0.25, 0.3) is 10.9 Å². The van der Waals surface area contributed by atoms with Crippen molar-refractivity contribution in [2.45, 2.75) is 30.5 Å². The number of H-pyrrole nitrogens is 1. The molecule has 0 amide bonds. The topological polar surface area (TPSA) is 75.2 Å². The van der Waals surface area contributed by atoms with E-state index in [4.69, 9.17) is 9.84 Å². The molecule has 1 fully saturated rings. The number of thioether (sulfide) groups is 1. The van der Waals surface area contributed by atoms with Crippen LogP contribution in [0.1, 0.15) is 24.2 Å². The Balaban J connectivity index is 1.85. The van der Waals surface area contributed by atoms with E-state index < -0.39 is 11.4 Å². The number of rotatable bonds is 4. The fourth-order valence-electron chi connectivity index (χ4n) is 2.53. The molecule has 7 heteroatoms. The Morgan fingerprint density at radius 1 is 1.41 bits per heavy atom. The molecule has 2 heterocycles. The molecule has 118 valence electrons. The summed E-state index contributed by atoms with van der Waals surface area (Å²) in [6.07, 6.45) is 1.98. The second kappa shape index (κ2) is 6.76. The molecule has 1 saturated heterocycles. The molecular weight excluding hydrogens is 307 g/mol. The van der Waals surface area contributed by atoms with Crippen molar-refractivity contribution in [3.05, 3.63) is 39.7 Å². The van der Waals surface area contributed by atoms with Crippen molar-refractivity contribution in [1.82, 2.24) is 9.97 Å². The van der Waals surface area contributed by atoms with Gasteiger partial charge in [-0.15, -0.1) is 0 Å². The van der Waals surface area contributed by atoms with Gasteiger partial charge >= 0.3 is 0 Å². The Labute approximate surface area is 130 Å². The number of hydrogen-bond acceptors (Lipinski definition) is 5. The van der Waals surface area contributed by atoms with E-state index in [1.807, 2.05) is 0 Å². The quantitative estimate of drug-likeness (QED) is 0.899. The summed E-state index contributed by atoms with van der Waals surface area (Å²) in [4.78, 5) is 19.0. The van der Waals surface area contributed by atoms with Crippen LogP contribution >= 0.6 is 11.8 Å². The molecule has 0 radical (unpaired) electrons. The SMILES string of the molecule is O=c1[nH]c(CSC2CCOCC2)nc2cc(CO)cc(F)c12. The average molecular weight is 324 g/mol. The van der Waals surface area contributed by atoms with Crippen LogP contribution in [0.3, 0.4) is 0 Å². The molecule has 0 saturated carbocycles. The highest BCUT2D eigenvalue weighted by atomic mass is 32.2. The lowest BCUT2D eigenvalue weighted by Crippen LogP contribution is -2.18. The third-order valence-electron chi connectivity index (χ3n) is 3.68. The van der Waals surface area contributed by atoms with Crippen LogP contribution in [0.2, 0.25) is 0 Å². The minimum Gasteiger partial charge on any atom is -0.392 e. The molecular formula is C15H17FN2O3S. The Bertz CT molecular complexity index is 729. The van der Waals surface area contributed by atoms with Gasteiger partial charge in [0, 0.05) is 18.5 Å². The molecule has 1 aliphatic rings. The predicted molar refractivity (Wildman–Crippen MR) is 83.4 cm³/mol. The fourth-order valence-corrected chi connectivity index (χ4v) is 3.58. The number of aromatic amines is 1. The van der Waals surface area contributed by atoms with E-state index >= 15 is 0 Å². The molecule has 22 heavy (non-hydrogen) atoms. The molecule has 3 rings (SSSR count). The highest BCUT2D eigenvalue weighted by molar-refractivity contribution is 7.99. The highest BCUT2D eigenvalue weighted by Gasteiger charge is 2.16. The van der Waals surface area contributed by atoms with Gasteiger partial charge in [0.2, 0.25) is 0 Å². The third kappa shape index (κ3) is 3.31. The van der Waals surface area contributed by atoms with Crippen LogP contribution in [0.5, 0.6) is 0 Å². The molecule has 0 unspecified atom stereocenters. The number of nitrogens with zero attached hydrogens (tertiary/aromatic N) is 1. The number of aliphatic hydroxyl groups excluding tert-OH is 1. The smallest absolute Gasteiger partial charge is 0.261 e. The standard InChI is InChI=1S/C15H17FN2O3S/c16-11-5-9(7-19)6-12-14(11)15(20)18-13(17-12)8-22-10-1-3-21-4-2-10/h5-6,10,19H,1-4,7-8H2,(H,17,18,20). The van der Waals surface area contributed by atoms with Crippen LogP contribution in [0, 0.1) is 5.82 Å². The summed E-state index contributed by atoms with van der Waals surface area (Å²) in [6, 6.07) is 2.71. The van der Waals surface area contributed by atoms with Crippen LogP contribution < -0.4 is 5.56 Å². The predicted octanol–water partition coefficient (Wildman–Crippen LogP) is 1.97. The zero-order valence-corrected chi connectivity index (χ0v) is 12.8. The minimum absolute atomic E-state index is 0.0583. The highest BCUT2D eigenvalue weighted by Crippen LogP contribution is 2.25. The van der Waals surface area contributed by atoms with Gasteiger partial charge in [0.25, 0.3) is 5.56 Å². The van der Waals surface area contributed by atoms with E-state index in [-0.39, 0.29) is 17.5 Å². The molecule has 0 aliphatic carbocycles. The second-order valence-electron chi connectivity index (χ2n) is 5.27. The maximum absolute atomic E-state index is 13.9. The first-order valence-electron chi connectivity index (χ1n) is 7.19. The van der Waals surface area contributed by atoms with Gasteiger partial charge in [-0.25, -0.2) is 9.37 Å². The van der Waals surface area contributed by atoms with Crippen molar-refractivity contribution >= 4 is 22.7 Å². The largest absolute Gasteiger partial charge is 0.392 e. The summed E-state index contributed by atoms with van der Waals surface area (Å²) in [5.74, 6) is 0.447. The number of hydrogen-bond donors (Lipinski definition) is 2. The van der Waals surface area contributed by atoms with Gasteiger partial charge in [-0.05, 0) is 30.5 Å². The van der Waals surface area contributed by atoms with E-state index in [9.17, 15) is 9.18 Å². The van der Waals surface area contributed by atoms with Gasteiger partial charge in [-0.1, -0.05) is 0 Å². The van der Waals surface area contributed by atoms with E-state index in [1.54, 1.807) is 17.8 Å². The van der Waals surface area contributed by atoms with Crippen LogP contribution in [0.15, 0.2) is 16.9 Å². The van der Waals surface area contributed by atoms with E-state index in [0.717, 1.165) is 32.1 Å². The number of aromatic nitrogens is 2. The van der Waals surface area contributed by atoms with Crippen molar-refractivity contribution in [3.63, 3.8) is 0 Å². The molecule has 0 spiro atoms. The maximum Gasteiger partial charge on any atom is 0.261 e. The van der Waals surface area contributed by atoms with Crippen molar-refractivity contribution in [3.8, 4) is 0 Å². The van der Waals surface area contributed by atoms with Crippen LogP contribution in [0.4, 0.5) is 4.39 Å². The van der Waals surface area contributed by atoms with Crippen molar-refractivity contribution in [2.75, 3.05) is 13.2 Å². The monoisotopic (exact) mass is 324 g/mol. The molecule has 1 aromatic carbocycles. The van der Waals surface area contributed by atoms with Crippen molar-refractivity contribution < 1.29 is 14.2 Å². The lowest BCUT2D eigenvalue weighted by atomic mass is 10.1. The summed E-state index contributed by atoms with van der Waals surface area (Å²) in [5, 5.41) is 9.57. The maximum atomic E-state index is 13.9. The molecule has 0 bridgehead atoms. The van der Waals surface area contributed by atoms with E-state index in [2.05, 4.69) is 9.97 Å². The van der Waals surface area contributed by atoms with Crippen molar-refractivity contribution in [2.24, 2.45) is 0 Å². The summed E-state index contributed by atoms with van der Waals surface area (Å²) < 4.78 is 19.2. The minimum atomic E-state index is -0.654. The number of fused-ring (bicyclic) bond motifs is 1. The fraction of sp³-hybridized carbons (Fsp3) is 0.467. The zero-order chi connectivity index (χ0) is 15.5. The normalized spacial score (nSPS) is 16.3. The first kappa shape index (κ1) is 15.5. The number of aliphatic hydroxyl groups is 1. The molecule has 1 aromatic heterocycles. The molecule has 0 atom stereocenters. The number of nitrogens with one attached hydrogen (secondary N) is 1. The van der Waals surface area contributed by atoms with Crippen molar-refractivity contribution in [1.29, 1.82) is 0 Å². The third-order valence-corrected chi connectivity index (χ3v) is 5.06. The average Bonchev–Trinajstić information content (AvgIpc) is 2.53. The summed E-state index contributed by atoms with van der Waals surface area (Å²) in [6.45, 7) is 1.25. The second-order valence-corrected chi connectivity index (χ2v) is 6.55. The van der Waals surface area contributed by atoms with Gasteiger partial charge in [-0.3, -0.25) is 4.79 Å². The zero-order valence-electron chi connectivity index (χ0n) is 12.0. The van der Waals surface area contributed by atoms with Gasteiger partial charge in [-0.2, -0.15) is 11.8 Å². The Morgan fingerprint density at radius 2 is 2.18 bits per heavy atom. The Kier molecular flexibility index (Phi) is 4.75. The number of ether oxygens (including phenoxy) is 1. The van der Waals surface area contributed by atoms with Gasteiger partial charge < -0.3 is 14.8 Å². The van der Waals surface area contributed by atoms with Gasteiger partial charge in [0.05, 0.1) is 17.9 Å². The van der Waals surface area contributed by atoms with E-state index in [1.165, 1.54) is 0 Å². The Morgan fingerprint density at radius 3 is 2.91 bits per heavy atom. The molecule has 2 aromatic rings. The first-order valence-corrected chi connectivity index (χ1v) is 8.24. The lowest BCUT2D eigenvalue weighted by Gasteiger charge is -2.21. The molecule has 1 aliphatic heterocycles.